The van der Waals surface area contributed by atoms with Crippen LogP contribution in [0.2, 0.25) is 5.02 Å². The first-order valence-corrected chi connectivity index (χ1v) is 6.52. The fourth-order valence-electron chi connectivity index (χ4n) is 1.35. The van der Waals surface area contributed by atoms with Gasteiger partial charge in [-0.05, 0) is 23.4 Å². The van der Waals surface area contributed by atoms with E-state index in [1.54, 1.807) is 31.2 Å². The van der Waals surface area contributed by atoms with Gasteiger partial charge in [0.1, 0.15) is 0 Å². The highest BCUT2D eigenvalue weighted by Gasteiger charge is 2.23. The second-order valence-corrected chi connectivity index (χ2v) is 5.24. The van der Waals surface area contributed by atoms with E-state index in [1.807, 2.05) is 6.92 Å². The molecule has 16 heavy (non-hydrogen) atoms. The molecule has 0 fully saturated rings. The van der Waals surface area contributed by atoms with Crippen molar-refractivity contribution in [3.63, 3.8) is 0 Å². The Kier molecular flexibility index (Phi) is 5.32. The fourth-order valence-corrected chi connectivity index (χ4v) is 2.15. The van der Waals surface area contributed by atoms with Gasteiger partial charge in [0.05, 0.1) is 12.0 Å². The van der Waals surface area contributed by atoms with Gasteiger partial charge in [0.25, 0.3) is 0 Å². The zero-order chi connectivity index (χ0) is 12.1. The number of rotatable bonds is 4. The molecule has 0 aromatic heterocycles. The summed E-state index contributed by atoms with van der Waals surface area (Å²) < 4.78 is 0. The average Bonchev–Trinajstić information content (AvgIpc) is 2.28. The molecule has 1 aromatic rings. The normalized spacial score (nSPS) is 14.5. The van der Waals surface area contributed by atoms with Gasteiger partial charge >= 0.3 is 0 Å². The topological polar surface area (TPSA) is 37.3 Å². The van der Waals surface area contributed by atoms with Gasteiger partial charge in [-0.15, -0.1) is 0 Å². The lowest BCUT2D eigenvalue weighted by Crippen LogP contribution is -2.16. The third-order valence-electron chi connectivity index (χ3n) is 2.34. The number of aliphatic hydroxyl groups is 1. The maximum Gasteiger partial charge on any atom is 0.194 e. The number of benzene rings is 1. The van der Waals surface area contributed by atoms with Crippen molar-refractivity contribution >= 4 is 28.5 Å². The van der Waals surface area contributed by atoms with Crippen molar-refractivity contribution in [3.8, 4) is 0 Å². The number of hydrogen-bond donors (Lipinski definition) is 1. The van der Waals surface area contributed by atoms with Crippen LogP contribution in [-0.2, 0) is 4.79 Å². The van der Waals surface area contributed by atoms with Crippen LogP contribution in [0.4, 0.5) is 0 Å². The maximum atomic E-state index is 11.6. The van der Waals surface area contributed by atoms with Crippen molar-refractivity contribution in [1.29, 1.82) is 0 Å². The van der Waals surface area contributed by atoms with Gasteiger partial charge in [-0.25, -0.2) is 0 Å². The predicted molar refractivity (Wildman–Crippen MR) is 68.7 cm³/mol. The maximum absolute atomic E-state index is 11.6. The van der Waals surface area contributed by atoms with Crippen molar-refractivity contribution in [1.82, 2.24) is 0 Å². The van der Waals surface area contributed by atoms with Crippen molar-refractivity contribution in [2.75, 3.05) is 5.75 Å². The van der Waals surface area contributed by atoms with Crippen molar-refractivity contribution < 1.29 is 9.90 Å². The smallest absolute Gasteiger partial charge is 0.194 e. The number of hydrogen-bond acceptors (Lipinski definition) is 3. The Morgan fingerprint density at radius 2 is 2.00 bits per heavy atom. The summed E-state index contributed by atoms with van der Waals surface area (Å²) in [5.41, 5.74) is 0.724. The molecule has 2 nitrogen and oxygen atoms in total. The first-order chi connectivity index (χ1) is 7.56. The van der Waals surface area contributed by atoms with E-state index in [-0.39, 0.29) is 5.12 Å². The fraction of sp³-hybridized carbons (Fsp3) is 0.417. The molecular weight excluding hydrogens is 244 g/mol. The lowest BCUT2D eigenvalue weighted by molar-refractivity contribution is -0.117. The summed E-state index contributed by atoms with van der Waals surface area (Å²) in [6.45, 7) is 3.66. The summed E-state index contributed by atoms with van der Waals surface area (Å²) in [6.07, 6.45) is -0.760. The van der Waals surface area contributed by atoms with Crippen LogP contribution in [0.25, 0.3) is 0 Å². The van der Waals surface area contributed by atoms with Crippen LogP contribution < -0.4 is 0 Å². The molecule has 0 saturated heterocycles. The summed E-state index contributed by atoms with van der Waals surface area (Å²) in [5.74, 6) is 0.336. The van der Waals surface area contributed by atoms with Crippen LogP contribution >= 0.6 is 23.4 Å². The molecule has 0 radical (unpaired) electrons. The number of carbonyl (C=O) groups excluding carboxylic acids is 1. The summed E-state index contributed by atoms with van der Waals surface area (Å²) >= 11 is 7.00. The monoisotopic (exact) mass is 258 g/mol. The molecule has 2 atom stereocenters. The van der Waals surface area contributed by atoms with Gasteiger partial charge in [-0.1, -0.05) is 49.3 Å². The third-order valence-corrected chi connectivity index (χ3v) is 3.54. The first kappa shape index (κ1) is 13.6. The Morgan fingerprint density at radius 3 is 2.50 bits per heavy atom. The Balaban J connectivity index is 2.73. The molecule has 0 heterocycles. The largest absolute Gasteiger partial charge is 0.388 e. The van der Waals surface area contributed by atoms with Crippen LogP contribution in [0.3, 0.4) is 0 Å². The quantitative estimate of drug-likeness (QED) is 0.901. The lowest BCUT2D eigenvalue weighted by atomic mass is 9.99. The molecule has 0 amide bonds. The average molecular weight is 259 g/mol. The minimum atomic E-state index is -0.760. The van der Waals surface area contributed by atoms with E-state index in [0.29, 0.717) is 5.02 Å². The highest BCUT2D eigenvalue weighted by Crippen LogP contribution is 2.26. The highest BCUT2D eigenvalue weighted by atomic mass is 35.5. The van der Waals surface area contributed by atoms with Crippen LogP contribution in [0.5, 0.6) is 0 Å². The lowest BCUT2D eigenvalue weighted by Gasteiger charge is -2.17. The molecule has 88 valence electrons. The van der Waals surface area contributed by atoms with E-state index >= 15 is 0 Å². The van der Waals surface area contributed by atoms with E-state index in [2.05, 4.69) is 0 Å². The van der Waals surface area contributed by atoms with Crippen LogP contribution in [0.15, 0.2) is 24.3 Å². The Bertz CT molecular complexity index is 351. The van der Waals surface area contributed by atoms with Gasteiger partial charge in [0.15, 0.2) is 5.12 Å². The molecule has 0 spiro atoms. The van der Waals surface area contributed by atoms with Crippen molar-refractivity contribution in [3.05, 3.63) is 34.9 Å². The van der Waals surface area contributed by atoms with Gasteiger partial charge in [0, 0.05) is 5.02 Å². The molecule has 0 aliphatic carbocycles. The zero-order valence-electron chi connectivity index (χ0n) is 9.31. The Hall–Kier alpha value is -0.510. The minimum Gasteiger partial charge on any atom is -0.388 e. The van der Waals surface area contributed by atoms with Gasteiger partial charge < -0.3 is 5.11 Å². The number of thioether (sulfide) groups is 1. The highest BCUT2D eigenvalue weighted by molar-refractivity contribution is 8.13. The number of carbonyl (C=O) groups is 1. The summed E-state index contributed by atoms with van der Waals surface area (Å²) in [7, 11) is 0. The first-order valence-electron chi connectivity index (χ1n) is 5.16. The molecule has 0 saturated carbocycles. The molecule has 0 unspecified atom stereocenters. The van der Waals surface area contributed by atoms with Gasteiger partial charge in [0.2, 0.25) is 0 Å². The van der Waals surface area contributed by atoms with Crippen LogP contribution in [0.1, 0.15) is 25.5 Å². The van der Waals surface area contributed by atoms with Crippen molar-refractivity contribution in [2.45, 2.75) is 20.0 Å². The van der Waals surface area contributed by atoms with Gasteiger partial charge in [-0.3, -0.25) is 4.79 Å². The van der Waals surface area contributed by atoms with E-state index in [9.17, 15) is 9.90 Å². The van der Waals surface area contributed by atoms with E-state index in [1.165, 1.54) is 11.8 Å². The summed E-state index contributed by atoms with van der Waals surface area (Å²) in [6, 6.07) is 6.91. The Morgan fingerprint density at radius 1 is 1.44 bits per heavy atom. The van der Waals surface area contributed by atoms with E-state index in [0.717, 1.165) is 11.3 Å². The number of halogens is 1. The molecular formula is C12H15ClO2S. The summed E-state index contributed by atoms with van der Waals surface area (Å²) in [5, 5.41) is 10.6. The zero-order valence-corrected chi connectivity index (χ0v) is 10.9. The summed E-state index contributed by atoms with van der Waals surface area (Å²) in [4.78, 5) is 11.6. The van der Waals surface area contributed by atoms with E-state index in [4.69, 9.17) is 11.6 Å². The van der Waals surface area contributed by atoms with Crippen LogP contribution in [0, 0.1) is 5.92 Å². The molecule has 0 aliphatic heterocycles. The van der Waals surface area contributed by atoms with Gasteiger partial charge in [-0.2, -0.15) is 0 Å². The SMILES string of the molecule is CCSC(=O)[C@@H](C)[C@H](O)c1ccc(Cl)cc1. The van der Waals surface area contributed by atoms with Crippen LogP contribution in [-0.4, -0.2) is 16.0 Å². The Labute approximate surface area is 105 Å². The molecule has 0 bridgehead atoms. The minimum absolute atomic E-state index is 0.0185. The second-order valence-electron chi connectivity index (χ2n) is 3.54. The molecule has 1 rings (SSSR count). The number of aliphatic hydroxyl groups excluding tert-OH is 1. The predicted octanol–water partition coefficient (Wildman–Crippen LogP) is 3.29. The molecule has 1 aromatic carbocycles. The second kappa shape index (κ2) is 6.28. The third kappa shape index (κ3) is 3.51. The molecule has 4 heteroatoms. The van der Waals surface area contributed by atoms with E-state index < -0.39 is 12.0 Å². The molecule has 0 aliphatic rings. The van der Waals surface area contributed by atoms with Crippen molar-refractivity contribution in [2.24, 2.45) is 5.92 Å². The standard InChI is InChI=1S/C12H15ClO2S/c1-3-16-12(15)8(2)11(14)9-4-6-10(13)7-5-9/h4-8,11,14H,3H2,1-2H3/t8-,11-/m0/s1. The molecule has 1 N–H and O–H groups in total.